The highest BCUT2D eigenvalue weighted by Crippen LogP contribution is 2.30. The number of fused-ring (bicyclic) bond motifs is 1. The number of imide groups is 1. The fourth-order valence-corrected chi connectivity index (χ4v) is 3.93. The summed E-state index contributed by atoms with van der Waals surface area (Å²) in [5.41, 5.74) is 0.650. The summed E-state index contributed by atoms with van der Waals surface area (Å²) in [6, 6.07) is 5.52. The fourth-order valence-electron chi connectivity index (χ4n) is 3.25. The highest BCUT2D eigenvalue weighted by Gasteiger charge is 2.44. The summed E-state index contributed by atoms with van der Waals surface area (Å²) in [7, 11) is 0. The number of rotatable bonds is 2. The zero-order valence-corrected chi connectivity index (χ0v) is 13.4. The first kappa shape index (κ1) is 16.3. The molecule has 2 aliphatic rings. The van der Waals surface area contributed by atoms with Crippen LogP contribution in [0.5, 0.6) is 0 Å². The van der Waals surface area contributed by atoms with Crippen molar-refractivity contribution in [2.45, 2.75) is 38.0 Å². The second kappa shape index (κ2) is 6.12. The number of nitrogens with zero attached hydrogens (tertiary/aromatic N) is 2. The molecule has 1 unspecified atom stereocenters. The molecule has 0 saturated carbocycles. The maximum absolute atomic E-state index is 12.5. The molecule has 1 aromatic carbocycles. The van der Waals surface area contributed by atoms with Crippen molar-refractivity contribution in [3.8, 4) is 0 Å². The van der Waals surface area contributed by atoms with Gasteiger partial charge in [0.25, 0.3) is 11.8 Å². The van der Waals surface area contributed by atoms with Crippen LogP contribution >= 0.6 is 0 Å². The lowest BCUT2D eigenvalue weighted by Crippen LogP contribution is -2.49. The van der Waals surface area contributed by atoms with Crippen molar-refractivity contribution < 1.29 is 23.5 Å². The third-order valence-corrected chi connectivity index (χ3v) is 5.42. The van der Waals surface area contributed by atoms with E-state index in [2.05, 4.69) is 0 Å². The molecule has 1 saturated heterocycles. The van der Waals surface area contributed by atoms with Gasteiger partial charge in [0.15, 0.2) is 0 Å². The minimum atomic E-state index is -2.45. The van der Waals surface area contributed by atoms with Gasteiger partial charge in [-0.1, -0.05) is 12.1 Å². The number of carbonyl (C=O) groups is 2. The van der Waals surface area contributed by atoms with E-state index in [0.29, 0.717) is 24.0 Å². The molecule has 1 N–H and O–H groups in total. The van der Waals surface area contributed by atoms with Gasteiger partial charge in [-0.15, -0.1) is 0 Å². The molecular weight excluding hydrogens is 320 g/mol. The van der Waals surface area contributed by atoms with E-state index < -0.39 is 35.2 Å². The van der Waals surface area contributed by atoms with Gasteiger partial charge >= 0.3 is 0 Å². The summed E-state index contributed by atoms with van der Waals surface area (Å²) in [6.45, 7) is 1.61. The summed E-state index contributed by atoms with van der Waals surface area (Å²) in [4.78, 5) is 26.1. The van der Waals surface area contributed by atoms with E-state index >= 15 is 0 Å². The molecule has 2 amide bonds. The lowest BCUT2D eigenvalue weighted by atomic mass is 10.0. The SMILES string of the molecule is C[C@@H]1CC[C@H](N2C(=O)c3ccccc3C2=O)[C@@H](O)CN1S(=O)[O-]. The zero-order chi connectivity index (χ0) is 16.7. The number of aliphatic hydroxyl groups excluding tert-OH is 1. The molecule has 3 rings (SSSR count). The van der Waals surface area contributed by atoms with Crippen molar-refractivity contribution in [1.29, 1.82) is 0 Å². The molecule has 4 atom stereocenters. The first-order chi connectivity index (χ1) is 10.9. The van der Waals surface area contributed by atoms with Crippen LogP contribution in [0.3, 0.4) is 0 Å². The average molecular weight is 337 g/mol. The van der Waals surface area contributed by atoms with Gasteiger partial charge < -0.3 is 9.66 Å². The molecule has 0 aliphatic carbocycles. The van der Waals surface area contributed by atoms with E-state index in [0.717, 1.165) is 9.21 Å². The van der Waals surface area contributed by atoms with Crippen LogP contribution < -0.4 is 0 Å². The largest absolute Gasteiger partial charge is 0.760 e. The Morgan fingerprint density at radius 2 is 1.74 bits per heavy atom. The quantitative estimate of drug-likeness (QED) is 0.617. The molecule has 0 spiro atoms. The van der Waals surface area contributed by atoms with Crippen LogP contribution in [0, 0.1) is 0 Å². The normalized spacial score (nSPS) is 30.2. The Balaban J connectivity index is 1.89. The van der Waals surface area contributed by atoms with Gasteiger partial charge in [-0.2, -0.15) is 0 Å². The van der Waals surface area contributed by atoms with Crippen molar-refractivity contribution in [2.75, 3.05) is 6.54 Å². The number of β-amino-alcohol motifs (C(OH)–C–C–N with tert-alkyl or cyclic N) is 1. The molecule has 2 aliphatic heterocycles. The van der Waals surface area contributed by atoms with Crippen molar-refractivity contribution >= 4 is 23.1 Å². The number of hydrogen-bond acceptors (Lipinski definition) is 5. The van der Waals surface area contributed by atoms with E-state index in [9.17, 15) is 23.5 Å². The summed E-state index contributed by atoms with van der Waals surface area (Å²) in [5.74, 6) is -0.863. The van der Waals surface area contributed by atoms with E-state index in [4.69, 9.17) is 0 Å². The minimum absolute atomic E-state index is 0.130. The Morgan fingerprint density at radius 1 is 1.17 bits per heavy atom. The Labute approximate surface area is 136 Å². The fraction of sp³-hybridized carbons (Fsp3) is 0.467. The average Bonchev–Trinajstić information content (AvgIpc) is 2.67. The molecule has 8 heteroatoms. The van der Waals surface area contributed by atoms with Gasteiger partial charge in [-0.3, -0.25) is 18.7 Å². The van der Waals surface area contributed by atoms with Gasteiger partial charge in [0.05, 0.1) is 23.3 Å². The maximum Gasteiger partial charge on any atom is 0.261 e. The third-order valence-electron chi connectivity index (χ3n) is 4.53. The molecule has 0 radical (unpaired) electrons. The molecule has 7 nitrogen and oxygen atoms in total. The van der Waals surface area contributed by atoms with Gasteiger partial charge in [-0.05, 0) is 31.9 Å². The van der Waals surface area contributed by atoms with E-state index in [1.807, 2.05) is 0 Å². The van der Waals surface area contributed by atoms with Crippen molar-refractivity contribution in [1.82, 2.24) is 9.21 Å². The smallest absolute Gasteiger partial charge is 0.261 e. The first-order valence-electron chi connectivity index (χ1n) is 7.42. The lowest BCUT2D eigenvalue weighted by Gasteiger charge is -2.31. The Hall–Kier alpha value is -1.61. The number of hydrogen-bond donors (Lipinski definition) is 1. The Morgan fingerprint density at radius 3 is 2.26 bits per heavy atom. The highest BCUT2D eigenvalue weighted by atomic mass is 32.2. The van der Waals surface area contributed by atoms with Crippen LogP contribution in [-0.4, -0.2) is 59.6 Å². The predicted octanol–water partition coefficient (Wildman–Crippen LogP) is 0.291. The lowest BCUT2D eigenvalue weighted by molar-refractivity contribution is 0.0319. The van der Waals surface area contributed by atoms with Crippen LogP contribution in [0.2, 0.25) is 0 Å². The summed E-state index contributed by atoms with van der Waals surface area (Å²) >= 11 is -2.45. The van der Waals surface area contributed by atoms with Crippen molar-refractivity contribution in [2.24, 2.45) is 0 Å². The number of amides is 2. The van der Waals surface area contributed by atoms with Gasteiger partial charge in [0.2, 0.25) is 0 Å². The molecule has 23 heavy (non-hydrogen) atoms. The highest BCUT2D eigenvalue weighted by molar-refractivity contribution is 7.76. The molecule has 124 valence electrons. The van der Waals surface area contributed by atoms with E-state index in [1.54, 1.807) is 31.2 Å². The van der Waals surface area contributed by atoms with Crippen LogP contribution in [-0.2, 0) is 11.3 Å². The van der Waals surface area contributed by atoms with Crippen molar-refractivity contribution in [3.63, 3.8) is 0 Å². The summed E-state index contributed by atoms with van der Waals surface area (Å²) in [5, 5.41) is 10.4. The van der Waals surface area contributed by atoms with Crippen LogP contribution in [0.4, 0.5) is 0 Å². The monoisotopic (exact) mass is 337 g/mol. The minimum Gasteiger partial charge on any atom is -0.760 e. The van der Waals surface area contributed by atoms with Gasteiger partial charge in [0.1, 0.15) is 0 Å². The Bertz CT molecular complexity index is 645. The molecule has 1 fully saturated rings. The van der Waals surface area contributed by atoms with Crippen molar-refractivity contribution in [3.05, 3.63) is 35.4 Å². The maximum atomic E-state index is 12.5. The Kier molecular flexibility index (Phi) is 4.33. The zero-order valence-electron chi connectivity index (χ0n) is 12.5. The number of carbonyl (C=O) groups excluding carboxylic acids is 2. The predicted molar refractivity (Wildman–Crippen MR) is 81.1 cm³/mol. The van der Waals surface area contributed by atoms with E-state index in [-0.39, 0.29) is 12.6 Å². The van der Waals surface area contributed by atoms with Gasteiger partial charge in [-0.25, -0.2) is 4.31 Å². The van der Waals surface area contributed by atoms with Crippen LogP contribution in [0.25, 0.3) is 0 Å². The summed E-state index contributed by atoms with van der Waals surface area (Å²) < 4.78 is 23.7. The number of benzene rings is 1. The van der Waals surface area contributed by atoms with Crippen LogP contribution in [0.1, 0.15) is 40.5 Å². The van der Waals surface area contributed by atoms with Crippen LogP contribution in [0.15, 0.2) is 24.3 Å². The molecular formula is C15H17N2O5S-. The molecule has 2 heterocycles. The van der Waals surface area contributed by atoms with Gasteiger partial charge in [0, 0.05) is 23.9 Å². The number of aliphatic hydroxyl groups is 1. The molecule has 0 bridgehead atoms. The topological polar surface area (TPSA) is 101 Å². The summed E-state index contributed by atoms with van der Waals surface area (Å²) in [6.07, 6.45) is -0.287. The molecule has 1 aromatic rings. The molecule has 0 aromatic heterocycles. The second-order valence-corrected chi connectivity index (χ2v) is 6.81. The first-order valence-corrected chi connectivity index (χ1v) is 8.46. The second-order valence-electron chi connectivity index (χ2n) is 5.90. The van der Waals surface area contributed by atoms with E-state index in [1.165, 1.54) is 0 Å². The standard InChI is InChI=1S/C15H18N2O5S/c1-9-6-7-12(13(18)8-16(9)23(21)22)17-14(19)10-4-2-3-5-11(10)15(17)20/h2-5,9,12-13,18H,6-8H2,1H3,(H,21,22)/p-1/t9-,12+,13+/m1/s1. The third kappa shape index (κ3) is 2.72.